The summed E-state index contributed by atoms with van der Waals surface area (Å²) >= 11 is 0. The van der Waals surface area contributed by atoms with Crippen LogP contribution in [0.15, 0.2) is 36.4 Å². The molecule has 2 aromatic rings. The summed E-state index contributed by atoms with van der Waals surface area (Å²) in [5, 5.41) is 48.5. The first kappa shape index (κ1) is 28.1. The van der Waals surface area contributed by atoms with Crippen LogP contribution in [0.5, 0.6) is 11.5 Å². The van der Waals surface area contributed by atoms with Gasteiger partial charge in [-0.3, -0.25) is 19.4 Å². The highest BCUT2D eigenvalue weighted by Gasteiger charge is 2.18. The summed E-state index contributed by atoms with van der Waals surface area (Å²) < 4.78 is 0. The quantitative estimate of drug-likeness (QED) is 0.241. The zero-order valence-electron chi connectivity index (χ0n) is 20.2. The Kier molecular flexibility index (Phi) is 11.5. The van der Waals surface area contributed by atoms with E-state index in [4.69, 9.17) is 5.11 Å². The SMILES string of the molecule is CCCCc1ccc(CN(CCN(CC(=O)O)Cc2ccc(CCO)cc2O)CC(=O)O)c(O)c1. The van der Waals surface area contributed by atoms with Crippen molar-refractivity contribution < 1.29 is 35.1 Å². The van der Waals surface area contributed by atoms with E-state index in [1.807, 2.05) is 6.07 Å². The Morgan fingerprint density at radius 3 is 1.60 bits per heavy atom. The second kappa shape index (κ2) is 14.3. The monoisotopic (exact) mass is 488 g/mol. The molecular weight excluding hydrogens is 452 g/mol. The van der Waals surface area contributed by atoms with Crippen molar-refractivity contribution in [1.29, 1.82) is 0 Å². The lowest BCUT2D eigenvalue weighted by Crippen LogP contribution is -2.39. The summed E-state index contributed by atoms with van der Waals surface area (Å²) in [6.07, 6.45) is 3.33. The van der Waals surface area contributed by atoms with Gasteiger partial charge in [0.15, 0.2) is 0 Å². The number of benzene rings is 2. The average molecular weight is 489 g/mol. The molecular formula is C26H36N2O7. The molecule has 9 heteroatoms. The Hall–Kier alpha value is -3.14. The first-order valence-corrected chi connectivity index (χ1v) is 11.8. The van der Waals surface area contributed by atoms with Crippen LogP contribution in [-0.4, -0.2) is 80.1 Å². The molecule has 5 N–H and O–H groups in total. The van der Waals surface area contributed by atoms with Gasteiger partial charge in [-0.05, 0) is 42.5 Å². The molecule has 0 saturated heterocycles. The molecule has 0 aliphatic heterocycles. The van der Waals surface area contributed by atoms with Gasteiger partial charge in [0.1, 0.15) is 11.5 Å². The lowest BCUT2D eigenvalue weighted by molar-refractivity contribution is -0.140. The summed E-state index contributed by atoms with van der Waals surface area (Å²) in [5.74, 6) is -1.93. The number of aromatic hydroxyl groups is 2. The van der Waals surface area contributed by atoms with Crippen molar-refractivity contribution in [1.82, 2.24) is 9.80 Å². The van der Waals surface area contributed by atoms with Gasteiger partial charge in [0.05, 0.1) is 13.1 Å². The first-order chi connectivity index (χ1) is 16.7. The van der Waals surface area contributed by atoms with Crippen LogP contribution in [0.4, 0.5) is 0 Å². The van der Waals surface area contributed by atoms with E-state index in [-0.39, 0.29) is 57.4 Å². The molecule has 2 aromatic carbocycles. The third-order valence-electron chi connectivity index (χ3n) is 5.76. The highest BCUT2D eigenvalue weighted by atomic mass is 16.4. The minimum absolute atomic E-state index is 0.0156. The second-order valence-corrected chi connectivity index (χ2v) is 8.71. The van der Waals surface area contributed by atoms with E-state index in [0.717, 1.165) is 30.4 Å². The van der Waals surface area contributed by atoms with Crippen LogP contribution in [0.2, 0.25) is 0 Å². The Bertz CT molecular complexity index is 980. The van der Waals surface area contributed by atoms with Crippen LogP contribution < -0.4 is 0 Å². The molecule has 0 radical (unpaired) electrons. The van der Waals surface area contributed by atoms with E-state index >= 15 is 0 Å². The summed E-state index contributed by atoms with van der Waals surface area (Å²) in [4.78, 5) is 26.1. The zero-order valence-corrected chi connectivity index (χ0v) is 20.2. The van der Waals surface area contributed by atoms with Crippen molar-refractivity contribution in [3.05, 3.63) is 58.7 Å². The fourth-order valence-corrected chi connectivity index (χ4v) is 3.88. The highest BCUT2D eigenvalue weighted by molar-refractivity contribution is 5.69. The Labute approximate surface area is 205 Å². The van der Waals surface area contributed by atoms with Gasteiger partial charge in [-0.1, -0.05) is 37.6 Å². The Morgan fingerprint density at radius 1 is 0.771 bits per heavy atom. The normalized spacial score (nSPS) is 11.3. The summed E-state index contributed by atoms with van der Waals surface area (Å²) in [6, 6.07) is 10.5. The van der Waals surface area contributed by atoms with Crippen molar-refractivity contribution in [3.8, 4) is 11.5 Å². The minimum atomic E-state index is -1.04. The molecule has 2 rings (SSSR count). The van der Waals surface area contributed by atoms with E-state index in [2.05, 4.69) is 6.92 Å². The fraction of sp³-hybridized carbons (Fsp3) is 0.462. The van der Waals surface area contributed by atoms with Gasteiger partial charge >= 0.3 is 11.9 Å². The number of phenols is 2. The number of unbranched alkanes of at least 4 members (excludes halogenated alkanes) is 1. The van der Waals surface area contributed by atoms with Crippen molar-refractivity contribution in [3.63, 3.8) is 0 Å². The van der Waals surface area contributed by atoms with Gasteiger partial charge < -0.3 is 25.5 Å². The molecule has 35 heavy (non-hydrogen) atoms. The molecule has 0 fully saturated rings. The predicted molar refractivity (Wildman–Crippen MR) is 131 cm³/mol. The molecule has 192 valence electrons. The summed E-state index contributed by atoms with van der Waals surface area (Å²) in [5.41, 5.74) is 2.94. The molecule has 0 amide bonds. The number of aliphatic hydroxyl groups is 1. The zero-order chi connectivity index (χ0) is 25.8. The Balaban J connectivity index is 2.10. The van der Waals surface area contributed by atoms with E-state index in [1.165, 1.54) is 0 Å². The van der Waals surface area contributed by atoms with Crippen molar-refractivity contribution >= 4 is 11.9 Å². The standard InChI is InChI=1S/C26H36N2O7/c1-2-3-4-19-5-7-21(23(30)13-19)15-27(17-25(32)33)10-11-28(18-26(34)35)16-22-8-6-20(9-12-29)14-24(22)31/h5-8,13-14,29-31H,2-4,9-12,15-18H2,1H3,(H,32,33)(H,34,35). The van der Waals surface area contributed by atoms with Crippen LogP contribution in [0, 0.1) is 0 Å². The summed E-state index contributed by atoms with van der Waals surface area (Å²) in [6.45, 7) is 2.37. The number of carboxylic acids is 2. The van der Waals surface area contributed by atoms with Gasteiger partial charge in [-0.2, -0.15) is 0 Å². The van der Waals surface area contributed by atoms with Crippen molar-refractivity contribution in [2.24, 2.45) is 0 Å². The number of nitrogens with zero attached hydrogens (tertiary/aromatic N) is 2. The van der Waals surface area contributed by atoms with E-state index in [1.54, 1.807) is 40.1 Å². The van der Waals surface area contributed by atoms with Gasteiger partial charge in [-0.15, -0.1) is 0 Å². The van der Waals surface area contributed by atoms with Crippen LogP contribution in [0.25, 0.3) is 0 Å². The van der Waals surface area contributed by atoms with Crippen molar-refractivity contribution in [2.45, 2.75) is 45.7 Å². The number of hydrogen-bond acceptors (Lipinski definition) is 7. The van der Waals surface area contributed by atoms with E-state index < -0.39 is 11.9 Å². The largest absolute Gasteiger partial charge is 0.508 e. The smallest absolute Gasteiger partial charge is 0.317 e. The number of aliphatic carboxylic acids is 2. The lowest BCUT2D eigenvalue weighted by atomic mass is 10.0. The molecule has 0 heterocycles. The number of aryl methyl sites for hydroxylation is 1. The first-order valence-electron chi connectivity index (χ1n) is 11.8. The van der Waals surface area contributed by atoms with E-state index in [9.17, 15) is 30.0 Å². The average Bonchev–Trinajstić information content (AvgIpc) is 2.78. The number of phenolic OH excluding ortho intramolecular Hbond substituents is 2. The van der Waals surface area contributed by atoms with Crippen LogP contribution in [0.3, 0.4) is 0 Å². The molecule has 0 aliphatic carbocycles. The number of hydrogen-bond donors (Lipinski definition) is 5. The maximum Gasteiger partial charge on any atom is 0.317 e. The third kappa shape index (κ3) is 9.94. The van der Waals surface area contributed by atoms with Gasteiger partial charge in [-0.25, -0.2) is 0 Å². The van der Waals surface area contributed by atoms with E-state index in [0.29, 0.717) is 17.5 Å². The van der Waals surface area contributed by atoms with Crippen molar-refractivity contribution in [2.75, 3.05) is 32.8 Å². The number of aliphatic hydroxyl groups excluding tert-OH is 1. The summed E-state index contributed by atoms with van der Waals surface area (Å²) in [7, 11) is 0. The number of carbonyl (C=O) groups is 2. The minimum Gasteiger partial charge on any atom is -0.508 e. The molecule has 0 aromatic heterocycles. The van der Waals surface area contributed by atoms with Gasteiger partial charge in [0.2, 0.25) is 0 Å². The second-order valence-electron chi connectivity index (χ2n) is 8.71. The van der Waals surface area contributed by atoms with Crippen LogP contribution in [0.1, 0.15) is 42.0 Å². The molecule has 0 unspecified atom stereocenters. The third-order valence-corrected chi connectivity index (χ3v) is 5.76. The number of rotatable bonds is 16. The highest BCUT2D eigenvalue weighted by Crippen LogP contribution is 2.23. The maximum atomic E-state index is 11.4. The number of carboxylic acid groups (broad SMARTS) is 2. The fourth-order valence-electron chi connectivity index (χ4n) is 3.88. The van der Waals surface area contributed by atoms with Crippen LogP contribution in [-0.2, 0) is 35.5 Å². The van der Waals surface area contributed by atoms with Gasteiger partial charge in [0.25, 0.3) is 0 Å². The lowest BCUT2D eigenvalue weighted by Gasteiger charge is -2.26. The molecule has 0 saturated carbocycles. The Morgan fingerprint density at radius 2 is 1.23 bits per heavy atom. The molecule has 0 spiro atoms. The van der Waals surface area contributed by atoms with Gasteiger partial charge in [0, 0.05) is 43.9 Å². The topological polar surface area (TPSA) is 142 Å². The molecule has 0 atom stereocenters. The maximum absolute atomic E-state index is 11.4. The predicted octanol–water partition coefficient (Wildman–Crippen LogP) is 2.45. The molecule has 0 aliphatic rings. The van der Waals surface area contributed by atoms with Crippen LogP contribution >= 0.6 is 0 Å². The molecule has 9 nitrogen and oxygen atoms in total. The molecule has 0 bridgehead atoms.